The number of halogens is 2. The number of hydrogen-bond acceptors (Lipinski definition) is 5. The second-order valence-electron chi connectivity index (χ2n) is 6.45. The minimum Gasteiger partial charge on any atom is -0.467 e. The Kier molecular flexibility index (Phi) is 4.96. The lowest BCUT2D eigenvalue weighted by atomic mass is 10.2. The van der Waals surface area contributed by atoms with Gasteiger partial charge >= 0.3 is 0 Å². The van der Waals surface area contributed by atoms with E-state index in [2.05, 4.69) is 0 Å². The largest absolute Gasteiger partial charge is 0.467 e. The Morgan fingerprint density at radius 2 is 2.11 bits per heavy atom. The molecule has 27 heavy (non-hydrogen) atoms. The predicted molar refractivity (Wildman–Crippen MR) is 107 cm³/mol. The molecule has 5 nitrogen and oxygen atoms in total. The third-order valence-corrected chi connectivity index (χ3v) is 8.23. The Bertz CT molecular complexity index is 1110. The summed E-state index contributed by atoms with van der Waals surface area (Å²) < 4.78 is 30.1. The molecule has 1 atom stereocenters. The second-order valence-corrected chi connectivity index (χ2v) is 10.6. The molecule has 0 saturated carbocycles. The van der Waals surface area contributed by atoms with Gasteiger partial charge in [-0.3, -0.25) is 4.79 Å². The molecule has 3 heterocycles. The zero-order chi connectivity index (χ0) is 19.2. The second kappa shape index (κ2) is 7.13. The quantitative estimate of drug-likeness (QED) is 0.589. The molecule has 1 aromatic carbocycles. The molecule has 1 amide bonds. The van der Waals surface area contributed by atoms with Gasteiger partial charge in [0.05, 0.1) is 29.3 Å². The molecular weight excluding hydrogens is 429 g/mol. The van der Waals surface area contributed by atoms with Crippen LogP contribution in [0, 0.1) is 0 Å². The number of sulfone groups is 1. The maximum absolute atomic E-state index is 13.3. The molecule has 0 N–H and O–H groups in total. The van der Waals surface area contributed by atoms with Crippen molar-refractivity contribution in [3.05, 3.63) is 57.3 Å². The van der Waals surface area contributed by atoms with Crippen LogP contribution in [0.4, 0.5) is 0 Å². The van der Waals surface area contributed by atoms with Gasteiger partial charge in [0, 0.05) is 21.2 Å². The van der Waals surface area contributed by atoms with E-state index in [1.54, 1.807) is 35.2 Å². The van der Waals surface area contributed by atoms with Crippen molar-refractivity contribution in [1.29, 1.82) is 0 Å². The van der Waals surface area contributed by atoms with Crippen molar-refractivity contribution in [2.24, 2.45) is 0 Å². The number of fused-ring (bicyclic) bond motifs is 1. The number of carbonyl (C=O) groups excluding carboxylic acids is 1. The first kappa shape index (κ1) is 18.8. The number of benzene rings is 1. The zero-order valence-electron chi connectivity index (χ0n) is 14.0. The van der Waals surface area contributed by atoms with Crippen molar-refractivity contribution in [2.75, 3.05) is 11.5 Å². The van der Waals surface area contributed by atoms with Gasteiger partial charge in [-0.15, -0.1) is 11.3 Å². The van der Waals surface area contributed by atoms with E-state index in [-0.39, 0.29) is 24.0 Å². The smallest absolute Gasteiger partial charge is 0.266 e. The summed E-state index contributed by atoms with van der Waals surface area (Å²) in [7, 11) is -3.15. The molecule has 0 aliphatic carbocycles. The lowest BCUT2D eigenvalue weighted by Crippen LogP contribution is -2.40. The summed E-state index contributed by atoms with van der Waals surface area (Å²) in [4.78, 5) is 15.3. The van der Waals surface area contributed by atoms with Crippen LogP contribution in [0.25, 0.3) is 10.1 Å². The number of thiophene rings is 1. The molecule has 9 heteroatoms. The number of amides is 1. The zero-order valence-corrected chi connectivity index (χ0v) is 17.2. The van der Waals surface area contributed by atoms with Crippen LogP contribution in [0.5, 0.6) is 0 Å². The van der Waals surface area contributed by atoms with E-state index in [1.807, 2.05) is 0 Å². The number of hydrogen-bond donors (Lipinski definition) is 0. The Balaban J connectivity index is 1.73. The molecule has 2 aromatic heterocycles. The lowest BCUT2D eigenvalue weighted by Gasteiger charge is -2.27. The van der Waals surface area contributed by atoms with Gasteiger partial charge in [0.1, 0.15) is 10.6 Å². The SMILES string of the molecule is O=C(c1sc2cc(Cl)ccc2c1Cl)N(Cc1ccco1)[C@H]1CCS(=O)(=O)C1. The van der Waals surface area contributed by atoms with Gasteiger partial charge in [-0.2, -0.15) is 0 Å². The van der Waals surface area contributed by atoms with Crippen LogP contribution < -0.4 is 0 Å². The molecule has 4 rings (SSSR count). The highest BCUT2D eigenvalue weighted by Crippen LogP contribution is 2.38. The summed E-state index contributed by atoms with van der Waals surface area (Å²) in [5.41, 5.74) is 0. The van der Waals surface area contributed by atoms with Crippen LogP contribution >= 0.6 is 34.5 Å². The molecule has 0 radical (unpaired) electrons. The molecule has 3 aromatic rings. The van der Waals surface area contributed by atoms with Gasteiger partial charge in [-0.1, -0.05) is 29.3 Å². The summed E-state index contributed by atoms with van der Waals surface area (Å²) in [5, 5.41) is 1.68. The van der Waals surface area contributed by atoms with Crippen LogP contribution in [-0.2, 0) is 16.4 Å². The molecular formula is C18H15Cl2NO4S2. The van der Waals surface area contributed by atoms with Crippen molar-refractivity contribution in [1.82, 2.24) is 4.90 Å². The Morgan fingerprint density at radius 1 is 1.30 bits per heavy atom. The van der Waals surface area contributed by atoms with E-state index in [4.69, 9.17) is 27.6 Å². The summed E-state index contributed by atoms with van der Waals surface area (Å²) in [6.45, 7) is 0.192. The van der Waals surface area contributed by atoms with E-state index in [9.17, 15) is 13.2 Å². The lowest BCUT2D eigenvalue weighted by molar-refractivity contribution is 0.0671. The van der Waals surface area contributed by atoms with Crippen LogP contribution in [-0.4, -0.2) is 36.8 Å². The highest BCUT2D eigenvalue weighted by Gasteiger charge is 2.36. The number of furan rings is 1. The molecule has 1 fully saturated rings. The average Bonchev–Trinajstić information content (AvgIpc) is 3.32. The van der Waals surface area contributed by atoms with Gasteiger partial charge in [0.25, 0.3) is 5.91 Å². The predicted octanol–water partition coefficient (Wildman–Crippen LogP) is 4.63. The summed E-state index contributed by atoms with van der Waals surface area (Å²) in [6, 6.07) is 8.36. The van der Waals surface area contributed by atoms with E-state index < -0.39 is 15.9 Å². The van der Waals surface area contributed by atoms with Gasteiger partial charge in [0.2, 0.25) is 0 Å². The number of carbonyl (C=O) groups is 1. The standard InChI is InChI=1S/C18H15Cl2NO4S2/c19-11-3-4-14-15(8-11)26-17(16(14)20)18(22)21(9-13-2-1-6-25-13)12-5-7-27(23,24)10-12/h1-4,6,8,12H,5,7,9-10H2/t12-/m0/s1. The minimum absolute atomic E-state index is 0.0478. The third kappa shape index (κ3) is 3.74. The highest BCUT2D eigenvalue weighted by atomic mass is 35.5. The van der Waals surface area contributed by atoms with Crippen molar-refractivity contribution in [3.8, 4) is 0 Å². The van der Waals surface area contributed by atoms with Crippen LogP contribution in [0.3, 0.4) is 0 Å². The number of nitrogens with zero attached hydrogens (tertiary/aromatic N) is 1. The minimum atomic E-state index is -3.15. The summed E-state index contributed by atoms with van der Waals surface area (Å²) >= 11 is 13.8. The Hall–Kier alpha value is -1.54. The van der Waals surface area contributed by atoms with Crippen molar-refractivity contribution in [3.63, 3.8) is 0 Å². The summed E-state index contributed by atoms with van der Waals surface area (Å²) in [6.07, 6.45) is 1.93. The van der Waals surface area contributed by atoms with Gasteiger partial charge < -0.3 is 9.32 Å². The fraction of sp³-hybridized carbons (Fsp3) is 0.278. The summed E-state index contributed by atoms with van der Waals surface area (Å²) in [5.74, 6) is 0.326. The van der Waals surface area contributed by atoms with E-state index >= 15 is 0 Å². The molecule has 0 spiro atoms. The molecule has 0 bridgehead atoms. The van der Waals surface area contributed by atoms with Crippen molar-refractivity contribution in [2.45, 2.75) is 19.0 Å². The van der Waals surface area contributed by atoms with Crippen molar-refractivity contribution >= 4 is 60.4 Å². The van der Waals surface area contributed by atoms with Gasteiger partial charge in [-0.25, -0.2) is 8.42 Å². The highest BCUT2D eigenvalue weighted by molar-refractivity contribution is 7.91. The fourth-order valence-corrected chi connectivity index (χ4v) is 6.74. The van der Waals surface area contributed by atoms with Crippen LogP contribution in [0.2, 0.25) is 10.0 Å². The third-order valence-electron chi connectivity index (χ3n) is 4.60. The number of rotatable bonds is 4. The first-order chi connectivity index (χ1) is 12.8. The first-order valence-electron chi connectivity index (χ1n) is 8.25. The first-order valence-corrected chi connectivity index (χ1v) is 11.6. The Labute approximate surface area is 170 Å². The normalized spacial score (nSPS) is 18.8. The maximum atomic E-state index is 13.3. The Morgan fingerprint density at radius 3 is 2.78 bits per heavy atom. The molecule has 0 unspecified atom stereocenters. The van der Waals surface area contributed by atoms with Gasteiger partial charge in [-0.05, 0) is 30.7 Å². The maximum Gasteiger partial charge on any atom is 0.266 e. The molecule has 142 valence electrons. The van der Waals surface area contributed by atoms with Crippen LogP contribution in [0.15, 0.2) is 41.0 Å². The van der Waals surface area contributed by atoms with Crippen LogP contribution in [0.1, 0.15) is 21.9 Å². The monoisotopic (exact) mass is 443 g/mol. The fourth-order valence-electron chi connectivity index (χ4n) is 3.27. The average molecular weight is 444 g/mol. The van der Waals surface area contributed by atoms with Crippen molar-refractivity contribution < 1.29 is 17.6 Å². The van der Waals surface area contributed by atoms with Gasteiger partial charge in [0.15, 0.2) is 9.84 Å². The van der Waals surface area contributed by atoms with E-state index in [0.717, 1.165) is 10.1 Å². The molecule has 1 aliphatic rings. The molecule has 1 saturated heterocycles. The molecule has 1 aliphatic heterocycles. The van der Waals surface area contributed by atoms with E-state index in [1.165, 1.54) is 17.6 Å². The topological polar surface area (TPSA) is 67.6 Å². The van der Waals surface area contributed by atoms with E-state index in [0.29, 0.717) is 27.1 Å².